The lowest BCUT2D eigenvalue weighted by Gasteiger charge is -2.19. The molecule has 0 aromatic rings. The predicted molar refractivity (Wildman–Crippen MR) is 24.5 cm³/mol. The first-order valence-corrected chi connectivity index (χ1v) is 4.33. The highest BCUT2D eigenvalue weighted by molar-refractivity contribution is 6.60. The summed E-state index contributed by atoms with van der Waals surface area (Å²) in [6.45, 7) is 2.35. The Balaban J connectivity index is 2.08. The molecule has 1 heterocycles. The van der Waals surface area contributed by atoms with Gasteiger partial charge in [0.25, 0.3) is 0 Å². The molecule has 1 radical (unpaired) electrons. The quantitative estimate of drug-likeness (QED) is 0.402. The van der Waals surface area contributed by atoms with Crippen molar-refractivity contribution in [3.05, 3.63) is 0 Å². The summed E-state index contributed by atoms with van der Waals surface area (Å²) >= 11 is 0. The van der Waals surface area contributed by atoms with Gasteiger partial charge in [0.15, 0.2) is 0 Å². The Hall–Kier alpha value is 0.177. The van der Waals surface area contributed by atoms with Crippen LogP contribution in [0.4, 0.5) is 0 Å². The first-order chi connectivity index (χ1) is 2.39. The van der Waals surface area contributed by atoms with Crippen molar-refractivity contribution < 1.29 is 0 Å². The van der Waals surface area contributed by atoms with Gasteiger partial charge < -0.3 is 5.32 Å². The maximum Gasteiger partial charge on any atom is 0.0774 e. The second kappa shape index (κ2) is 1.10. The molecule has 29 valence electrons. The summed E-state index contributed by atoms with van der Waals surface area (Å²) in [6.07, 6.45) is 2.68. The summed E-state index contributed by atoms with van der Waals surface area (Å²) in [5.74, 6) is 0. The molecule has 2 heteroatoms. The summed E-state index contributed by atoms with van der Waals surface area (Å²) in [6, 6.07) is 0. The molecule has 0 unspecified atom stereocenters. The molecule has 0 aromatic carbocycles. The molecule has 1 nitrogen and oxygen atoms in total. The lowest BCUT2D eigenvalue weighted by atomic mass is 11.2. The zero-order chi connectivity index (χ0) is 3.70. The molecule has 1 aliphatic heterocycles. The molecule has 0 bridgehead atoms. The first kappa shape index (κ1) is 3.37. The third-order valence-electron chi connectivity index (χ3n) is 0.854. The summed E-state index contributed by atoms with van der Waals surface area (Å²) in [4.78, 5) is 0. The van der Waals surface area contributed by atoms with Crippen LogP contribution in [0.3, 0.4) is 0 Å². The number of hydrogen-bond acceptors (Lipinski definition) is 1. The van der Waals surface area contributed by atoms with E-state index in [-0.39, 0.29) is 8.80 Å². The highest BCUT2D eigenvalue weighted by atomic mass is 28.3. The SMILES string of the molecule is C[Si]1CNC1. The van der Waals surface area contributed by atoms with Crippen LogP contribution in [0.1, 0.15) is 0 Å². The van der Waals surface area contributed by atoms with Gasteiger partial charge in [0.05, 0.1) is 8.80 Å². The molecule has 1 N–H and O–H groups in total. The summed E-state index contributed by atoms with van der Waals surface area (Å²) in [7, 11) is 0.195. The smallest absolute Gasteiger partial charge is 0.0774 e. The van der Waals surface area contributed by atoms with E-state index in [0.29, 0.717) is 0 Å². The van der Waals surface area contributed by atoms with Gasteiger partial charge in [-0.2, -0.15) is 0 Å². The molecule has 1 aliphatic rings. The minimum Gasteiger partial charge on any atom is -0.323 e. The van der Waals surface area contributed by atoms with Crippen LogP contribution < -0.4 is 5.32 Å². The van der Waals surface area contributed by atoms with Gasteiger partial charge >= 0.3 is 0 Å². The Labute approximate surface area is 34.0 Å². The van der Waals surface area contributed by atoms with Gasteiger partial charge in [-0.1, -0.05) is 6.55 Å². The van der Waals surface area contributed by atoms with Gasteiger partial charge in [-0.15, -0.1) is 0 Å². The lowest BCUT2D eigenvalue weighted by Crippen LogP contribution is -2.48. The van der Waals surface area contributed by atoms with Crippen LogP contribution in [0.15, 0.2) is 0 Å². The van der Waals surface area contributed by atoms with Crippen LogP contribution in [-0.4, -0.2) is 21.1 Å². The average Bonchev–Trinajstić information content (AvgIpc) is 1.30. The van der Waals surface area contributed by atoms with E-state index in [0.717, 1.165) is 0 Å². The van der Waals surface area contributed by atoms with Crippen molar-refractivity contribution in [2.45, 2.75) is 6.55 Å². The zero-order valence-electron chi connectivity index (χ0n) is 3.41. The summed E-state index contributed by atoms with van der Waals surface area (Å²) < 4.78 is 0. The van der Waals surface area contributed by atoms with E-state index in [2.05, 4.69) is 11.9 Å². The fraction of sp³-hybridized carbons (Fsp3) is 1.00. The molecule has 5 heavy (non-hydrogen) atoms. The summed E-state index contributed by atoms with van der Waals surface area (Å²) in [5, 5.41) is 3.21. The zero-order valence-corrected chi connectivity index (χ0v) is 4.41. The highest BCUT2D eigenvalue weighted by Gasteiger charge is 2.10. The minimum atomic E-state index is 0.195. The largest absolute Gasteiger partial charge is 0.323 e. The van der Waals surface area contributed by atoms with Crippen LogP contribution >= 0.6 is 0 Å². The van der Waals surface area contributed by atoms with Crippen molar-refractivity contribution in [1.29, 1.82) is 0 Å². The Bertz CT molecular complexity index is 33.9. The third-order valence-corrected chi connectivity index (χ3v) is 2.56. The molecule has 1 rings (SSSR count). The van der Waals surface area contributed by atoms with E-state index in [1.165, 1.54) is 12.3 Å². The van der Waals surface area contributed by atoms with Crippen molar-refractivity contribution in [2.75, 3.05) is 12.3 Å². The molecule has 0 aromatic heterocycles. The van der Waals surface area contributed by atoms with E-state index in [4.69, 9.17) is 0 Å². The molecule has 1 fully saturated rings. The monoisotopic (exact) mass is 86.0 g/mol. The molecule has 0 saturated carbocycles. The van der Waals surface area contributed by atoms with E-state index < -0.39 is 0 Å². The van der Waals surface area contributed by atoms with Crippen molar-refractivity contribution in [3.8, 4) is 0 Å². The molecular weight excluding hydrogens is 78.1 g/mol. The second-order valence-electron chi connectivity index (χ2n) is 1.56. The first-order valence-electron chi connectivity index (χ1n) is 1.91. The van der Waals surface area contributed by atoms with Crippen molar-refractivity contribution in [3.63, 3.8) is 0 Å². The molecule has 0 amide bonds. The molecule has 0 atom stereocenters. The van der Waals surface area contributed by atoms with Crippen LogP contribution in [0, 0.1) is 0 Å². The van der Waals surface area contributed by atoms with Crippen LogP contribution in [-0.2, 0) is 0 Å². The topological polar surface area (TPSA) is 12.0 Å². The molecule has 0 aliphatic carbocycles. The standard InChI is InChI=1S/C3H8NSi/c1-5-2-4-3-5/h4H,2-3H2,1H3. The lowest BCUT2D eigenvalue weighted by molar-refractivity contribution is 0.821. The van der Waals surface area contributed by atoms with Crippen molar-refractivity contribution in [2.24, 2.45) is 0 Å². The van der Waals surface area contributed by atoms with Gasteiger partial charge in [0, 0.05) is 0 Å². The minimum absolute atomic E-state index is 0.195. The number of hydrogen-bond donors (Lipinski definition) is 1. The van der Waals surface area contributed by atoms with Gasteiger partial charge in [0.2, 0.25) is 0 Å². The van der Waals surface area contributed by atoms with Crippen molar-refractivity contribution in [1.82, 2.24) is 5.32 Å². The molecule has 1 saturated heterocycles. The van der Waals surface area contributed by atoms with Crippen LogP contribution in [0.25, 0.3) is 0 Å². The van der Waals surface area contributed by atoms with E-state index in [9.17, 15) is 0 Å². The molecular formula is C3H8NSi. The fourth-order valence-electron chi connectivity index (χ4n) is 0.375. The predicted octanol–water partition coefficient (Wildman–Crippen LogP) is -0.207. The van der Waals surface area contributed by atoms with E-state index in [1.807, 2.05) is 0 Å². The van der Waals surface area contributed by atoms with Crippen LogP contribution in [0.2, 0.25) is 6.55 Å². The third kappa shape index (κ3) is 0.519. The van der Waals surface area contributed by atoms with Gasteiger partial charge in [0.1, 0.15) is 0 Å². The summed E-state index contributed by atoms with van der Waals surface area (Å²) in [5.41, 5.74) is 0. The van der Waals surface area contributed by atoms with Crippen molar-refractivity contribution >= 4 is 8.80 Å². The Morgan fingerprint density at radius 2 is 2.00 bits per heavy atom. The average molecular weight is 86.2 g/mol. The Kier molecular flexibility index (Phi) is 0.745. The normalized spacial score (nSPS) is 25.8. The maximum absolute atomic E-state index is 3.21. The number of nitrogens with one attached hydrogen (secondary N) is 1. The highest BCUT2D eigenvalue weighted by Crippen LogP contribution is 1.84. The second-order valence-corrected chi connectivity index (χ2v) is 4.18. The maximum atomic E-state index is 3.21. The van der Waals surface area contributed by atoms with Gasteiger partial charge in [-0.05, 0) is 12.3 Å². The Morgan fingerprint density at radius 1 is 1.60 bits per heavy atom. The van der Waals surface area contributed by atoms with E-state index >= 15 is 0 Å². The van der Waals surface area contributed by atoms with Crippen LogP contribution in [0.5, 0.6) is 0 Å². The number of rotatable bonds is 0. The molecule has 0 spiro atoms. The fourth-order valence-corrected chi connectivity index (χ4v) is 1.12. The Morgan fingerprint density at radius 3 is 2.00 bits per heavy atom. The van der Waals surface area contributed by atoms with E-state index in [1.54, 1.807) is 0 Å². The van der Waals surface area contributed by atoms with Gasteiger partial charge in [-0.25, -0.2) is 0 Å². The van der Waals surface area contributed by atoms with Gasteiger partial charge in [-0.3, -0.25) is 0 Å².